The summed E-state index contributed by atoms with van der Waals surface area (Å²) in [7, 11) is 1.93. The number of imidazole rings is 1. The number of nitrogens with one attached hydrogen (secondary N) is 2. The Hall–Kier alpha value is -3.93. The van der Waals surface area contributed by atoms with E-state index in [0.29, 0.717) is 16.8 Å². The first-order chi connectivity index (χ1) is 15.0. The number of amides is 2. The summed E-state index contributed by atoms with van der Waals surface area (Å²) in [5.41, 5.74) is 2.71. The molecule has 0 saturated heterocycles. The van der Waals surface area contributed by atoms with Crippen molar-refractivity contribution in [2.75, 3.05) is 5.32 Å². The fraction of sp³-hybridized carbons (Fsp3) is 0.160. The highest BCUT2D eigenvalue weighted by Gasteiger charge is 2.22. The van der Waals surface area contributed by atoms with E-state index in [2.05, 4.69) is 15.6 Å². The van der Waals surface area contributed by atoms with E-state index < -0.39 is 0 Å². The molecule has 2 aromatic carbocycles. The van der Waals surface area contributed by atoms with Gasteiger partial charge in [0.05, 0.1) is 6.04 Å². The third-order valence-electron chi connectivity index (χ3n) is 5.30. The molecule has 1 aromatic heterocycles. The summed E-state index contributed by atoms with van der Waals surface area (Å²) in [5, 5.41) is 5.96. The Bertz CT molecular complexity index is 1160. The minimum Gasteiger partial charge on any atom is -0.345 e. The zero-order chi connectivity index (χ0) is 21.8. The topological polar surface area (TPSA) is 76.0 Å². The monoisotopic (exact) mass is 412 g/mol. The van der Waals surface area contributed by atoms with Gasteiger partial charge in [-0.05, 0) is 36.3 Å². The number of rotatable bonds is 5. The van der Waals surface area contributed by atoms with Gasteiger partial charge in [-0.25, -0.2) is 4.98 Å². The third-order valence-corrected chi connectivity index (χ3v) is 5.30. The first-order valence-electron chi connectivity index (χ1n) is 10.2. The molecule has 6 nitrogen and oxygen atoms in total. The minimum absolute atomic E-state index is 0.0796. The zero-order valence-corrected chi connectivity index (χ0v) is 17.4. The van der Waals surface area contributed by atoms with Crippen molar-refractivity contribution < 1.29 is 9.59 Å². The van der Waals surface area contributed by atoms with Crippen molar-refractivity contribution in [3.05, 3.63) is 96.4 Å². The van der Waals surface area contributed by atoms with E-state index >= 15 is 0 Å². The second-order valence-electron chi connectivity index (χ2n) is 7.60. The summed E-state index contributed by atoms with van der Waals surface area (Å²) in [5.74, 6) is 0.520. The molecule has 3 aromatic rings. The van der Waals surface area contributed by atoms with Crippen LogP contribution in [-0.2, 0) is 11.8 Å². The van der Waals surface area contributed by atoms with Crippen LogP contribution in [0.15, 0.2) is 90.8 Å². The van der Waals surface area contributed by atoms with Crippen molar-refractivity contribution in [3.63, 3.8) is 0 Å². The van der Waals surface area contributed by atoms with E-state index in [1.54, 1.807) is 24.4 Å². The Kier molecular flexibility index (Phi) is 5.80. The number of hydrogen-bond donors (Lipinski definition) is 2. The first-order valence-corrected chi connectivity index (χ1v) is 10.2. The van der Waals surface area contributed by atoms with Crippen molar-refractivity contribution >= 4 is 17.5 Å². The lowest BCUT2D eigenvalue weighted by Crippen LogP contribution is -2.39. The molecule has 31 heavy (non-hydrogen) atoms. The molecule has 1 heterocycles. The summed E-state index contributed by atoms with van der Waals surface area (Å²) < 4.78 is 1.93. The molecule has 2 unspecified atom stereocenters. The molecule has 2 atom stereocenters. The molecule has 2 amide bonds. The van der Waals surface area contributed by atoms with Crippen molar-refractivity contribution in [1.82, 2.24) is 14.9 Å². The lowest BCUT2D eigenvalue weighted by atomic mass is 9.92. The molecule has 0 fully saturated rings. The molecule has 0 bridgehead atoms. The fourth-order valence-electron chi connectivity index (χ4n) is 3.51. The van der Waals surface area contributed by atoms with E-state index in [1.807, 2.05) is 79.4 Å². The molecule has 0 spiro atoms. The standard InChI is InChI=1S/C25H24N4O2/c1-17-11-12-20(16-22(17)28-24(30)18-7-4-3-5-8-18)25(31)27-21-10-6-9-19(15-21)23-26-13-14-29(23)2/h3-17,22H,1-2H3,(H,27,31)(H,28,30). The van der Waals surface area contributed by atoms with Gasteiger partial charge >= 0.3 is 0 Å². The van der Waals surface area contributed by atoms with Crippen molar-refractivity contribution in [3.8, 4) is 11.4 Å². The van der Waals surface area contributed by atoms with Gasteiger partial charge in [0.2, 0.25) is 0 Å². The number of nitrogens with zero attached hydrogens (tertiary/aromatic N) is 2. The fourth-order valence-corrected chi connectivity index (χ4v) is 3.51. The van der Waals surface area contributed by atoms with Gasteiger partial charge in [-0.15, -0.1) is 0 Å². The Morgan fingerprint density at radius 1 is 1.03 bits per heavy atom. The van der Waals surface area contributed by atoms with Crippen molar-refractivity contribution in [1.29, 1.82) is 0 Å². The Labute approximate surface area is 181 Å². The number of aromatic nitrogens is 2. The molecular formula is C25H24N4O2. The minimum atomic E-state index is -0.266. The van der Waals surface area contributed by atoms with Crippen molar-refractivity contribution in [2.45, 2.75) is 13.0 Å². The number of anilines is 1. The van der Waals surface area contributed by atoms with E-state index in [9.17, 15) is 9.59 Å². The largest absolute Gasteiger partial charge is 0.345 e. The maximum absolute atomic E-state index is 12.9. The van der Waals surface area contributed by atoms with E-state index in [-0.39, 0.29) is 23.8 Å². The van der Waals surface area contributed by atoms with Crippen LogP contribution in [-0.4, -0.2) is 27.4 Å². The van der Waals surface area contributed by atoms with Crippen LogP contribution in [0.4, 0.5) is 5.69 Å². The van der Waals surface area contributed by atoms with Gasteiger partial charge in [0.1, 0.15) is 5.82 Å². The molecule has 1 aliphatic carbocycles. The van der Waals surface area contributed by atoms with Gasteiger partial charge in [-0.2, -0.15) is 0 Å². The Morgan fingerprint density at radius 3 is 2.58 bits per heavy atom. The van der Waals surface area contributed by atoms with Crippen LogP contribution in [0.2, 0.25) is 0 Å². The third kappa shape index (κ3) is 4.64. The lowest BCUT2D eigenvalue weighted by Gasteiger charge is -2.24. The van der Waals surface area contributed by atoms with Crippen LogP contribution in [0.3, 0.4) is 0 Å². The zero-order valence-electron chi connectivity index (χ0n) is 17.4. The van der Waals surface area contributed by atoms with Crippen molar-refractivity contribution in [2.24, 2.45) is 13.0 Å². The molecule has 2 N–H and O–H groups in total. The average molecular weight is 412 g/mol. The summed E-state index contributed by atoms with van der Waals surface area (Å²) in [6.07, 6.45) is 9.17. The number of carbonyl (C=O) groups excluding carboxylic acids is 2. The van der Waals surface area contributed by atoms with Gasteiger partial charge in [-0.3, -0.25) is 9.59 Å². The normalized spacial score (nSPS) is 17.7. The summed E-state index contributed by atoms with van der Waals surface area (Å²) in [4.78, 5) is 29.8. The number of hydrogen-bond acceptors (Lipinski definition) is 3. The molecule has 0 radical (unpaired) electrons. The van der Waals surface area contributed by atoms with Gasteiger partial charge in [0.25, 0.3) is 11.8 Å². The van der Waals surface area contributed by atoms with Crippen LogP contribution in [0.5, 0.6) is 0 Å². The highest BCUT2D eigenvalue weighted by molar-refractivity contribution is 6.06. The quantitative estimate of drug-likeness (QED) is 0.666. The van der Waals surface area contributed by atoms with Gasteiger partial charge in [0, 0.05) is 41.8 Å². The number of benzene rings is 2. The summed E-state index contributed by atoms with van der Waals surface area (Å²) in [6, 6.07) is 16.4. The van der Waals surface area contributed by atoms with Gasteiger partial charge < -0.3 is 15.2 Å². The number of carbonyl (C=O) groups is 2. The van der Waals surface area contributed by atoms with E-state index in [4.69, 9.17) is 0 Å². The van der Waals surface area contributed by atoms with E-state index in [0.717, 1.165) is 11.4 Å². The smallest absolute Gasteiger partial charge is 0.255 e. The molecular weight excluding hydrogens is 388 g/mol. The molecule has 0 aliphatic heterocycles. The van der Waals surface area contributed by atoms with Gasteiger partial charge in [0.15, 0.2) is 0 Å². The predicted octanol–water partition coefficient (Wildman–Crippen LogP) is 3.96. The van der Waals surface area contributed by atoms with E-state index in [1.165, 1.54) is 0 Å². The average Bonchev–Trinajstić information content (AvgIpc) is 3.22. The summed E-state index contributed by atoms with van der Waals surface area (Å²) >= 11 is 0. The molecule has 4 rings (SSSR count). The second-order valence-corrected chi connectivity index (χ2v) is 7.60. The molecule has 1 aliphatic rings. The van der Waals surface area contributed by atoms with Crippen LogP contribution in [0.25, 0.3) is 11.4 Å². The van der Waals surface area contributed by atoms with Crippen LogP contribution in [0.1, 0.15) is 17.3 Å². The predicted molar refractivity (Wildman–Crippen MR) is 121 cm³/mol. The second kappa shape index (κ2) is 8.83. The number of aryl methyl sites for hydroxylation is 1. The molecule has 6 heteroatoms. The van der Waals surface area contributed by atoms with Gasteiger partial charge in [-0.1, -0.05) is 49.4 Å². The lowest BCUT2D eigenvalue weighted by molar-refractivity contribution is -0.112. The van der Waals surface area contributed by atoms with Crippen LogP contribution >= 0.6 is 0 Å². The maximum atomic E-state index is 12.9. The van der Waals surface area contributed by atoms with Crippen LogP contribution < -0.4 is 10.6 Å². The first kappa shape index (κ1) is 20.3. The van der Waals surface area contributed by atoms with Crippen LogP contribution in [0, 0.1) is 5.92 Å². The molecule has 156 valence electrons. The SMILES string of the molecule is CC1C=CC(C(=O)Nc2cccc(-c3nccn3C)c2)=CC1NC(=O)c1ccccc1. The highest BCUT2D eigenvalue weighted by Crippen LogP contribution is 2.23. The highest BCUT2D eigenvalue weighted by atomic mass is 16.2. The summed E-state index contributed by atoms with van der Waals surface area (Å²) in [6.45, 7) is 2.01. The Balaban J connectivity index is 1.48. The molecule has 0 saturated carbocycles. The maximum Gasteiger partial charge on any atom is 0.255 e. The Morgan fingerprint density at radius 2 is 1.84 bits per heavy atom.